The summed E-state index contributed by atoms with van der Waals surface area (Å²) in [7, 11) is 2.57. The Bertz CT molecular complexity index is 911. The number of benzene rings is 1. The number of hydrogen-bond donors (Lipinski definition) is 0. The van der Waals surface area contributed by atoms with Crippen LogP contribution >= 0.6 is 0 Å². The van der Waals surface area contributed by atoms with Crippen molar-refractivity contribution in [3.8, 4) is 11.4 Å². The summed E-state index contributed by atoms with van der Waals surface area (Å²) in [5.74, 6) is 1.24. The van der Waals surface area contributed by atoms with Crippen LogP contribution in [-0.4, -0.2) is 79.3 Å². The third-order valence-electron chi connectivity index (χ3n) is 5.84. The van der Waals surface area contributed by atoms with Gasteiger partial charge in [0, 0.05) is 44.0 Å². The van der Waals surface area contributed by atoms with E-state index in [9.17, 15) is 8.42 Å². The summed E-state index contributed by atoms with van der Waals surface area (Å²) in [4.78, 5) is 4.32. The van der Waals surface area contributed by atoms with Crippen molar-refractivity contribution in [3.63, 3.8) is 0 Å². The summed E-state index contributed by atoms with van der Waals surface area (Å²) in [5.41, 5.74) is 2.07. The Hall–Kier alpha value is -1.90. The van der Waals surface area contributed by atoms with Crippen LogP contribution in [0, 0.1) is 5.92 Å². The molecule has 0 spiro atoms. The molecule has 8 heteroatoms. The van der Waals surface area contributed by atoms with E-state index in [2.05, 4.69) is 14.9 Å². The van der Waals surface area contributed by atoms with Gasteiger partial charge in [0.25, 0.3) is 0 Å². The van der Waals surface area contributed by atoms with Crippen LogP contribution in [-0.2, 0) is 16.4 Å². The molecule has 0 bridgehead atoms. The molecule has 2 aromatic rings. The Balaban J connectivity index is 1.60. The van der Waals surface area contributed by atoms with Gasteiger partial charge in [-0.3, -0.25) is 4.90 Å². The number of likely N-dealkylation sites (tertiary alicyclic amines) is 1. The monoisotopic (exact) mass is 390 g/mol. The van der Waals surface area contributed by atoms with Gasteiger partial charge in [-0.25, -0.2) is 13.1 Å². The van der Waals surface area contributed by atoms with Gasteiger partial charge in [0.05, 0.1) is 23.8 Å². The molecule has 2 aliphatic heterocycles. The molecule has 0 radical (unpaired) electrons. The number of ether oxygens (including phenoxy) is 1. The fourth-order valence-corrected chi connectivity index (χ4v) is 6.97. The molecular weight excluding hydrogens is 364 g/mol. The summed E-state index contributed by atoms with van der Waals surface area (Å²) >= 11 is 0. The fourth-order valence-electron chi connectivity index (χ4n) is 4.47. The minimum atomic E-state index is -3.03. The molecule has 4 rings (SSSR count). The number of rotatable bonds is 5. The summed E-state index contributed by atoms with van der Waals surface area (Å²) in [6.45, 7) is 2.06. The molecule has 1 aromatic heterocycles. The lowest BCUT2D eigenvalue weighted by molar-refractivity contribution is 0.229. The first kappa shape index (κ1) is 18.5. The number of methoxy groups -OCH3 is 1. The minimum absolute atomic E-state index is 0.0981. The molecule has 0 unspecified atom stereocenters. The first-order valence-electron chi connectivity index (χ1n) is 9.16. The van der Waals surface area contributed by atoms with E-state index < -0.39 is 9.84 Å². The number of hydrogen-bond acceptors (Lipinski definition) is 6. The molecule has 0 aliphatic carbocycles. The minimum Gasteiger partial charge on any atom is -0.497 e. The second kappa shape index (κ2) is 6.92. The van der Waals surface area contributed by atoms with Gasteiger partial charge in [-0.15, -0.1) is 0 Å². The standard InChI is InChI=1S/C19H26N4O3S/c1-21(2)18-13-27(24,25)19-12-22(11-16(18)19)10-14-9-15(26-3)5-6-17(14)23-8-4-7-20-23/h4-9,16,18-19H,10-13H2,1-3H3/t16-,18+,19-/m0/s1. The molecule has 3 heterocycles. The van der Waals surface area contributed by atoms with Gasteiger partial charge in [-0.2, -0.15) is 5.10 Å². The third kappa shape index (κ3) is 3.37. The first-order valence-corrected chi connectivity index (χ1v) is 10.9. The van der Waals surface area contributed by atoms with Gasteiger partial charge >= 0.3 is 0 Å². The molecule has 2 fully saturated rings. The largest absolute Gasteiger partial charge is 0.497 e. The van der Waals surface area contributed by atoms with Crippen molar-refractivity contribution in [2.75, 3.05) is 40.0 Å². The van der Waals surface area contributed by atoms with E-state index >= 15 is 0 Å². The summed E-state index contributed by atoms with van der Waals surface area (Å²) in [6.07, 6.45) is 3.67. The number of fused-ring (bicyclic) bond motifs is 1. The van der Waals surface area contributed by atoms with Crippen LogP contribution in [0.2, 0.25) is 0 Å². The van der Waals surface area contributed by atoms with Crippen molar-refractivity contribution >= 4 is 9.84 Å². The van der Waals surface area contributed by atoms with E-state index in [4.69, 9.17) is 4.74 Å². The highest BCUT2D eigenvalue weighted by Crippen LogP contribution is 2.37. The van der Waals surface area contributed by atoms with Crippen LogP contribution < -0.4 is 4.74 Å². The summed E-state index contributed by atoms with van der Waals surface area (Å²) in [6, 6.07) is 7.93. The number of nitrogens with zero attached hydrogens (tertiary/aromatic N) is 4. The molecule has 7 nitrogen and oxygen atoms in total. The molecule has 27 heavy (non-hydrogen) atoms. The Kier molecular flexibility index (Phi) is 4.73. The Morgan fingerprint density at radius 2 is 2.11 bits per heavy atom. The zero-order chi connectivity index (χ0) is 19.2. The zero-order valence-corrected chi connectivity index (χ0v) is 16.8. The molecule has 0 amide bonds. The Labute approximate surface area is 160 Å². The van der Waals surface area contributed by atoms with E-state index in [1.165, 1.54) is 0 Å². The highest BCUT2D eigenvalue weighted by atomic mass is 32.2. The molecule has 2 aliphatic rings. The summed E-state index contributed by atoms with van der Waals surface area (Å²) < 4.78 is 32.5. The van der Waals surface area contributed by atoms with Gasteiger partial charge in [0.15, 0.2) is 9.84 Å². The first-order chi connectivity index (χ1) is 12.9. The lowest BCUT2D eigenvalue weighted by atomic mass is 10.00. The molecule has 0 saturated carbocycles. The van der Waals surface area contributed by atoms with Gasteiger partial charge < -0.3 is 9.64 Å². The maximum absolute atomic E-state index is 12.6. The smallest absolute Gasteiger partial charge is 0.156 e. The quantitative estimate of drug-likeness (QED) is 0.760. The average molecular weight is 391 g/mol. The number of aromatic nitrogens is 2. The van der Waals surface area contributed by atoms with Gasteiger partial charge in [0.2, 0.25) is 0 Å². The lowest BCUT2D eigenvalue weighted by Gasteiger charge is -2.25. The maximum Gasteiger partial charge on any atom is 0.156 e. The van der Waals surface area contributed by atoms with E-state index in [0.717, 1.165) is 23.5 Å². The molecule has 146 valence electrons. The topological polar surface area (TPSA) is 67.7 Å². The van der Waals surface area contributed by atoms with Crippen LogP contribution in [0.25, 0.3) is 5.69 Å². The highest BCUT2D eigenvalue weighted by molar-refractivity contribution is 7.92. The zero-order valence-electron chi connectivity index (χ0n) is 15.9. The van der Waals surface area contributed by atoms with E-state index in [1.54, 1.807) is 13.3 Å². The Morgan fingerprint density at radius 3 is 2.78 bits per heavy atom. The second-order valence-corrected chi connectivity index (χ2v) is 9.97. The van der Waals surface area contributed by atoms with Crippen molar-refractivity contribution in [1.29, 1.82) is 0 Å². The second-order valence-electron chi connectivity index (χ2n) is 7.70. The van der Waals surface area contributed by atoms with Crippen LogP contribution in [0.4, 0.5) is 0 Å². The third-order valence-corrected chi connectivity index (χ3v) is 8.07. The average Bonchev–Trinajstić information content (AvgIpc) is 3.33. The van der Waals surface area contributed by atoms with Gasteiger partial charge in [-0.1, -0.05) is 0 Å². The van der Waals surface area contributed by atoms with Crippen LogP contribution in [0.1, 0.15) is 5.56 Å². The van der Waals surface area contributed by atoms with E-state index in [1.807, 2.05) is 49.2 Å². The Morgan fingerprint density at radius 1 is 1.30 bits per heavy atom. The molecule has 0 N–H and O–H groups in total. The molecule has 2 saturated heterocycles. The molecular formula is C19H26N4O3S. The molecule has 3 atom stereocenters. The van der Waals surface area contributed by atoms with E-state index in [-0.39, 0.29) is 23.0 Å². The van der Waals surface area contributed by atoms with Gasteiger partial charge in [-0.05, 0) is 43.9 Å². The predicted molar refractivity (Wildman–Crippen MR) is 104 cm³/mol. The fraction of sp³-hybridized carbons (Fsp3) is 0.526. The van der Waals surface area contributed by atoms with Crippen LogP contribution in [0.5, 0.6) is 5.75 Å². The van der Waals surface area contributed by atoms with Crippen molar-refractivity contribution in [3.05, 3.63) is 42.2 Å². The SMILES string of the molecule is COc1ccc(-n2cccn2)c(CN2C[C@H]3[C@H](N(C)C)CS(=O)(=O)[C@H]3C2)c1. The maximum atomic E-state index is 12.6. The van der Waals surface area contributed by atoms with Crippen molar-refractivity contribution in [1.82, 2.24) is 19.6 Å². The van der Waals surface area contributed by atoms with Crippen molar-refractivity contribution in [2.24, 2.45) is 5.92 Å². The van der Waals surface area contributed by atoms with Crippen LogP contribution in [0.3, 0.4) is 0 Å². The van der Waals surface area contributed by atoms with E-state index in [0.29, 0.717) is 13.1 Å². The van der Waals surface area contributed by atoms with Crippen molar-refractivity contribution in [2.45, 2.75) is 17.8 Å². The molecule has 1 aromatic carbocycles. The normalized spacial score (nSPS) is 27.2. The lowest BCUT2D eigenvalue weighted by Crippen LogP contribution is -2.37. The summed E-state index contributed by atoms with van der Waals surface area (Å²) in [5, 5.41) is 4.09. The van der Waals surface area contributed by atoms with Crippen molar-refractivity contribution < 1.29 is 13.2 Å². The van der Waals surface area contributed by atoms with Gasteiger partial charge in [0.1, 0.15) is 5.75 Å². The van der Waals surface area contributed by atoms with Crippen LogP contribution in [0.15, 0.2) is 36.7 Å². The number of sulfone groups is 1. The predicted octanol–water partition coefficient (Wildman–Crippen LogP) is 1.04. The highest BCUT2D eigenvalue weighted by Gasteiger charge is 2.52.